The third-order valence-corrected chi connectivity index (χ3v) is 6.21. The maximum absolute atomic E-state index is 12.1. The van der Waals surface area contributed by atoms with Crippen molar-refractivity contribution in [3.05, 3.63) is 78.2 Å². The highest BCUT2D eigenvalue weighted by molar-refractivity contribution is 8.15. The Balaban J connectivity index is 1.94. The Morgan fingerprint density at radius 2 is 1.76 bits per heavy atom. The monoisotopic (exact) mass is 407 g/mol. The van der Waals surface area contributed by atoms with E-state index in [1.165, 1.54) is 18.1 Å². The maximum Gasteiger partial charge on any atom is 0.269 e. The van der Waals surface area contributed by atoms with Crippen LogP contribution in [0.15, 0.2) is 72.0 Å². The number of hydrogen-bond donors (Lipinski definition) is 3. The number of thioether (sulfide) groups is 1. The van der Waals surface area contributed by atoms with E-state index in [2.05, 4.69) is 15.0 Å². The van der Waals surface area contributed by atoms with Gasteiger partial charge in [0.25, 0.3) is 5.91 Å². The SMILES string of the molecule is CC1(C)SC(=Nc2nc[nH]c2C(N)=O)N(c2ccccc2)C1(O)c1ccccc1. The lowest BCUT2D eigenvalue weighted by atomic mass is 9.89. The highest BCUT2D eigenvalue weighted by atomic mass is 32.2. The molecule has 0 radical (unpaired) electrons. The van der Waals surface area contributed by atoms with Gasteiger partial charge in [-0.05, 0) is 26.0 Å². The fourth-order valence-corrected chi connectivity index (χ4v) is 4.76. The number of aliphatic imine (C=N–C) groups is 1. The average molecular weight is 407 g/mol. The summed E-state index contributed by atoms with van der Waals surface area (Å²) in [5.41, 5.74) is 5.67. The van der Waals surface area contributed by atoms with Gasteiger partial charge in [0.05, 0.1) is 11.1 Å². The minimum Gasteiger partial charge on any atom is -0.365 e. The Hall–Kier alpha value is -3.10. The summed E-state index contributed by atoms with van der Waals surface area (Å²) in [4.78, 5) is 25.0. The van der Waals surface area contributed by atoms with Crippen molar-refractivity contribution in [2.75, 3.05) is 4.90 Å². The van der Waals surface area contributed by atoms with Gasteiger partial charge in [-0.3, -0.25) is 9.69 Å². The molecule has 1 saturated heterocycles. The van der Waals surface area contributed by atoms with E-state index in [9.17, 15) is 9.90 Å². The highest BCUT2D eigenvalue weighted by Crippen LogP contribution is 2.54. The minimum absolute atomic E-state index is 0.124. The second-order valence-electron chi connectivity index (χ2n) is 7.18. The van der Waals surface area contributed by atoms with Crippen molar-refractivity contribution in [2.24, 2.45) is 10.7 Å². The van der Waals surface area contributed by atoms with E-state index in [4.69, 9.17) is 5.73 Å². The van der Waals surface area contributed by atoms with Crippen molar-refractivity contribution < 1.29 is 9.90 Å². The van der Waals surface area contributed by atoms with E-state index in [0.717, 1.165) is 11.3 Å². The molecule has 2 heterocycles. The lowest BCUT2D eigenvalue weighted by Crippen LogP contribution is -2.53. The molecule has 1 atom stereocenters. The Morgan fingerprint density at radius 1 is 1.14 bits per heavy atom. The Morgan fingerprint density at radius 3 is 2.38 bits per heavy atom. The quantitative estimate of drug-likeness (QED) is 0.615. The number of imidazole rings is 1. The number of primary amides is 1. The molecule has 29 heavy (non-hydrogen) atoms. The maximum atomic E-state index is 12.1. The molecule has 0 saturated carbocycles. The first kappa shape index (κ1) is 19.2. The zero-order valence-electron chi connectivity index (χ0n) is 16.0. The zero-order chi connectivity index (χ0) is 20.6. The normalized spacial score (nSPS) is 22.2. The molecule has 0 bridgehead atoms. The molecule has 148 valence electrons. The number of para-hydroxylation sites is 1. The number of carbonyl (C=O) groups excluding carboxylic acids is 1. The summed E-state index contributed by atoms with van der Waals surface area (Å²) in [6, 6.07) is 19.0. The number of hydrogen-bond acceptors (Lipinski definition) is 5. The third kappa shape index (κ3) is 3.10. The lowest BCUT2D eigenvalue weighted by Gasteiger charge is -2.41. The number of aromatic nitrogens is 2. The molecule has 1 unspecified atom stereocenters. The molecule has 2 aromatic carbocycles. The molecule has 4 rings (SSSR count). The predicted octanol–water partition coefficient (Wildman–Crippen LogP) is 3.37. The largest absolute Gasteiger partial charge is 0.365 e. The Bertz CT molecular complexity index is 1060. The van der Waals surface area contributed by atoms with Crippen molar-refractivity contribution in [3.8, 4) is 0 Å². The van der Waals surface area contributed by atoms with Gasteiger partial charge in [0.1, 0.15) is 0 Å². The first-order valence-corrected chi connectivity index (χ1v) is 9.90. The van der Waals surface area contributed by atoms with Gasteiger partial charge >= 0.3 is 0 Å². The summed E-state index contributed by atoms with van der Waals surface area (Å²) in [5, 5.41) is 12.6. The number of H-pyrrole nitrogens is 1. The van der Waals surface area contributed by atoms with Gasteiger partial charge in [0.2, 0.25) is 0 Å². The molecule has 8 heteroatoms. The van der Waals surface area contributed by atoms with Crippen molar-refractivity contribution in [2.45, 2.75) is 24.3 Å². The summed E-state index contributed by atoms with van der Waals surface area (Å²) >= 11 is 1.41. The van der Waals surface area contributed by atoms with E-state index < -0.39 is 16.4 Å². The molecule has 1 fully saturated rings. The first-order chi connectivity index (χ1) is 13.8. The van der Waals surface area contributed by atoms with Gasteiger partial charge < -0.3 is 15.8 Å². The van der Waals surface area contributed by atoms with E-state index in [1.54, 1.807) is 4.90 Å². The number of amidine groups is 1. The van der Waals surface area contributed by atoms with Crippen LogP contribution in [0.2, 0.25) is 0 Å². The summed E-state index contributed by atoms with van der Waals surface area (Å²) in [6.45, 7) is 3.92. The molecule has 1 amide bonds. The second kappa shape index (κ2) is 7.06. The Kier molecular flexibility index (Phi) is 4.68. The lowest BCUT2D eigenvalue weighted by molar-refractivity contribution is 0.0210. The molecule has 0 spiro atoms. The highest BCUT2D eigenvalue weighted by Gasteiger charge is 2.58. The van der Waals surface area contributed by atoms with E-state index in [-0.39, 0.29) is 11.5 Å². The van der Waals surface area contributed by atoms with Gasteiger partial charge in [0, 0.05) is 11.3 Å². The van der Waals surface area contributed by atoms with Crippen LogP contribution in [0.4, 0.5) is 11.5 Å². The smallest absolute Gasteiger partial charge is 0.269 e. The molecule has 0 aliphatic carbocycles. The van der Waals surface area contributed by atoms with Crippen molar-refractivity contribution in [1.82, 2.24) is 9.97 Å². The summed E-state index contributed by atoms with van der Waals surface area (Å²) in [6.07, 6.45) is 1.38. The second-order valence-corrected chi connectivity index (χ2v) is 8.77. The standard InChI is InChI=1S/C21H21N5O2S/c1-20(2)21(28,14-9-5-3-6-10-14)26(15-11-7-4-8-12-15)19(29-20)25-18-16(17(22)27)23-13-24-18/h3-13,28H,1-2H3,(H2,22,27)(H,23,24). The molecule has 7 nitrogen and oxygen atoms in total. The number of aliphatic hydroxyl groups is 1. The topological polar surface area (TPSA) is 108 Å². The average Bonchev–Trinajstić information content (AvgIpc) is 3.24. The number of aromatic amines is 1. The molecular weight excluding hydrogens is 386 g/mol. The molecule has 1 aliphatic heterocycles. The van der Waals surface area contributed by atoms with Crippen LogP contribution in [-0.2, 0) is 5.72 Å². The fourth-order valence-electron chi connectivity index (χ4n) is 3.49. The van der Waals surface area contributed by atoms with Gasteiger partial charge in [-0.15, -0.1) is 0 Å². The van der Waals surface area contributed by atoms with Crippen LogP contribution in [0.5, 0.6) is 0 Å². The number of amides is 1. The van der Waals surface area contributed by atoms with E-state index >= 15 is 0 Å². The molecule has 4 N–H and O–H groups in total. The van der Waals surface area contributed by atoms with Crippen LogP contribution in [-0.4, -0.2) is 30.9 Å². The first-order valence-electron chi connectivity index (χ1n) is 9.08. The number of nitrogens with two attached hydrogens (primary N) is 1. The van der Waals surface area contributed by atoms with E-state index in [0.29, 0.717) is 5.17 Å². The van der Waals surface area contributed by atoms with Crippen molar-refractivity contribution in [1.29, 1.82) is 0 Å². The molecule has 1 aliphatic rings. The minimum atomic E-state index is -1.39. The third-order valence-electron chi connectivity index (χ3n) is 4.96. The van der Waals surface area contributed by atoms with Crippen LogP contribution in [0.25, 0.3) is 0 Å². The van der Waals surface area contributed by atoms with Crippen LogP contribution in [0.3, 0.4) is 0 Å². The van der Waals surface area contributed by atoms with E-state index in [1.807, 2.05) is 74.5 Å². The van der Waals surface area contributed by atoms with Crippen LogP contribution in [0, 0.1) is 0 Å². The number of nitrogens with zero attached hydrogens (tertiary/aromatic N) is 3. The summed E-state index contributed by atoms with van der Waals surface area (Å²) in [5.74, 6) is -0.456. The number of carbonyl (C=O) groups is 1. The molecule has 1 aromatic heterocycles. The van der Waals surface area contributed by atoms with Gasteiger partial charge in [-0.25, -0.2) is 9.98 Å². The zero-order valence-corrected chi connectivity index (χ0v) is 16.9. The van der Waals surface area contributed by atoms with Gasteiger partial charge in [-0.1, -0.05) is 60.3 Å². The van der Waals surface area contributed by atoms with Gasteiger partial charge in [-0.2, -0.15) is 0 Å². The molecule has 3 aromatic rings. The van der Waals surface area contributed by atoms with Gasteiger partial charge in [0.15, 0.2) is 22.4 Å². The van der Waals surface area contributed by atoms with Crippen LogP contribution >= 0.6 is 11.8 Å². The summed E-state index contributed by atoms with van der Waals surface area (Å²) in [7, 11) is 0. The van der Waals surface area contributed by atoms with Crippen molar-refractivity contribution in [3.63, 3.8) is 0 Å². The molecular formula is C21H21N5O2S. The Labute approximate surface area is 172 Å². The number of anilines is 1. The number of nitrogens with one attached hydrogen (secondary N) is 1. The van der Waals surface area contributed by atoms with Crippen LogP contribution < -0.4 is 10.6 Å². The summed E-state index contributed by atoms with van der Waals surface area (Å²) < 4.78 is -0.660. The predicted molar refractivity (Wildman–Crippen MR) is 115 cm³/mol. The number of rotatable bonds is 4. The fraction of sp³-hybridized carbons (Fsp3) is 0.190. The number of benzene rings is 2. The van der Waals surface area contributed by atoms with Crippen molar-refractivity contribution >= 4 is 34.3 Å². The van der Waals surface area contributed by atoms with Crippen LogP contribution in [0.1, 0.15) is 29.9 Å².